The largest absolute Gasteiger partial charge is 0.412 e. The normalized spacial score (nSPS) is 23.3. The van der Waals surface area contributed by atoms with E-state index < -0.39 is 0 Å². The lowest BCUT2D eigenvalue weighted by molar-refractivity contribution is -0.0138. The molecule has 2 atom stereocenters. The summed E-state index contributed by atoms with van der Waals surface area (Å²) in [6.45, 7) is 13.1. The Morgan fingerprint density at radius 1 is 1.00 bits per heavy atom. The first-order chi connectivity index (χ1) is 11.8. The molecule has 2 unspecified atom stereocenters. The predicted octanol–water partition coefficient (Wildman–Crippen LogP) is 3.05. The number of benzene rings is 1. The van der Waals surface area contributed by atoms with Crippen molar-refractivity contribution in [2.75, 3.05) is 39.3 Å². The monoisotopic (exact) mass is 383 g/mol. The number of piperidine rings is 1. The molecule has 0 amide bonds. The minimum Gasteiger partial charge on any atom is -0.412 e. The van der Waals surface area contributed by atoms with E-state index in [1.165, 1.54) is 70.5 Å². The Morgan fingerprint density at radius 3 is 2.19 bits per heavy atom. The number of hydrogen-bond acceptors (Lipinski definition) is 3. The molecule has 1 aromatic carbocycles. The summed E-state index contributed by atoms with van der Waals surface area (Å²) < 4.78 is 0. The van der Waals surface area contributed by atoms with Crippen LogP contribution in [-0.4, -0.2) is 71.5 Å². The number of rotatable bonds is 8. The van der Waals surface area contributed by atoms with E-state index in [-0.39, 0.29) is 17.9 Å². The summed E-state index contributed by atoms with van der Waals surface area (Å²) in [6.07, 6.45) is 5.55. The Morgan fingerprint density at radius 2 is 1.62 bits per heavy atom. The van der Waals surface area contributed by atoms with Crippen LogP contribution in [-0.2, 0) is 6.54 Å². The van der Waals surface area contributed by atoms with Gasteiger partial charge in [0.15, 0.2) is 0 Å². The zero-order chi connectivity index (χ0) is 16.8. The molecular formula is C21H38ClN3O. The standard InChI is InChI=1S/C21H35N3.ClH.H2O/c1-3-22(4-2)14-9-15-24-20-12-8-13-21(24)18-23(17-20)16-19-10-6-5-7-11-19;;/h5-7,10-11,20-21H,3-4,8-9,12-18H2,1-2H3;1H;1H2. The van der Waals surface area contributed by atoms with Gasteiger partial charge in [-0.1, -0.05) is 50.6 Å². The highest BCUT2D eigenvalue weighted by atomic mass is 35.5. The maximum atomic E-state index is 2.86. The Labute approximate surface area is 166 Å². The highest BCUT2D eigenvalue weighted by Gasteiger charge is 2.36. The van der Waals surface area contributed by atoms with E-state index in [2.05, 4.69) is 58.9 Å². The first kappa shape index (κ1) is 23.4. The van der Waals surface area contributed by atoms with Crippen LogP contribution in [0.4, 0.5) is 0 Å². The molecule has 5 heteroatoms. The van der Waals surface area contributed by atoms with E-state index in [9.17, 15) is 0 Å². The fourth-order valence-electron chi connectivity index (χ4n) is 4.63. The van der Waals surface area contributed by atoms with Gasteiger partial charge in [0.2, 0.25) is 0 Å². The number of hydrogen-bond donors (Lipinski definition) is 0. The molecule has 0 spiro atoms. The van der Waals surface area contributed by atoms with Gasteiger partial charge in [0, 0.05) is 38.3 Å². The second-order valence-corrected chi connectivity index (χ2v) is 7.54. The molecule has 4 nitrogen and oxygen atoms in total. The molecule has 2 saturated heterocycles. The van der Waals surface area contributed by atoms with Gasteiger partial charge in [0.1, 0.15) is 0 Å². The van der Waals surface area contributed by atoms with Gasteiger partial charge < -0.3 is 10.4 Å². The topological polar surface area (TPSA) is 41.2 Å². The van der Waals surface area contributed by atoms with Crippen molar-refractivity contribution in [1.29, 1.82) is 0 Å². The summed E-state index contributed by atoms with van der Waals surface area (Å²) in [5.41, 5.74) is 1.46. The van der Waals surface area contributed by atoms with Crippen LogP contribution in [0.15, 0.2) is 30.3 Å². The Hall–Kier alpha value is -0.650. The van der Waals surface area contributed by atoms with E-state index in [0.29, 0.717) is 0 Å². The Bertz CT molecular complexity index is 469. The quantitative estimate of drug-likeness (QED) is 0.692. The molecular weight excluding hydrogens is 346 g/mol. The number of halogens is 1. The number of fused-ring (bicyclic) bond motifs is 2. The van der Waals surface area contributed by atoms with Crippen LogP contribution in [0.3, 0.4) is 0 Å². The van der Waals surface area contributed by atoms with Crippen molar-refractivity contribution in [2.45, 2.75) is 58.2 Å². The van der Waals surface area contributed by atoms with Crippen LogP contribution in [0.1, 0.15) is 45.1 Å². The van der Waals surface area contributed by atoms with Crippen LogP contribution in [0, 0.1) is 0 Å². The molecule has 2 aliphatic rings. The summed E-state index contributed by atoms with van der Waals surface area (Å²) >= 11 is 0. The lowest BCUT2D eigenvalue weighted by Gasteiger charge is -2.50. The van der Waals surface area contributed by atoms with Gasteiger partial charge >= 0.3 is 0 Å². The van der Waals surface area contributed by atoms with Gasteiger partial charge in [0.05, 0.1) is 0 Å². The van der Waals surface area contributed by atoms with Crippen LogP contribution >= 0.6 is 12.4 Å². The molecule has 3 rings (SSSR count). The number of nitrogens with zero attached hydrogens (tertiary/aromatic N) is 3. The van der Waals surface area contributed by atoms with E-state index in [1.807, 2.05) is 0 Å². The van der Waals surface area contributed by atoms with E-state index >= 15 is 0 Å². The molecule has 2 heterocycles. The minimum atomic E-state index is 0. The summed E-state index contributed by atoms with van der Waals surface area (Å²) in [7, 11) is 0. The second kappa shape index (κ2) is 11.9. The zero-order valence-electron chi connectivity index (χ0n) is 16.6. The SMILES string of the molecule is CCN(CC)CCCN1C2CCCC1CN(Cc1ccccc1)C2.Cl.O. The minimum absolute atomic E-state index is 0. The maximum absolute atomic E-state index is 2.86. The fourth-order valence-corrected chi connectivity index (χ4v) is 4.63. The lowest BCUT2D eigenvalue weighted by Crippen LogP contribution is -2.60. The van der Waals surface area contributed by atoms with E-state index in [1.54, 1.807) is 0 Å². The van der Waals surface area contributed by atoms with Gasteiger partial charge in [-0.3, -0.25) is 9.80 Å². The molecule has 2 fully saturated rings. The van der Waals surface area contributed by atoms with Crippen molar-refractivity contribution in [1.82, 2.24) is 14.7 Å². The average molecular weight is 384 g/mol. The molecule has 2 N–H and O–H groups in total. The van der Waals surface area contributed by atoms with Crippen LogP contribution in [0.2, 0.25) is 0 Å². The molecule has 150 valence electrons. The molecule has 1 aromatic rings. The van der Waals surface area contributed by atoms with Crippen molar-refractivity contribution in [3.05, 3.63) is 35.9 Å². The third kappa shape index (κ3) is 6.21. The molecule has 2 bridgehead atoms. The van der Waals surface area contributed by atoms with Crippen LogP contribution in [0.25, 0.3) is 0 Å². The van der Waals surface area contributed by atoms with E-state index in [4.69, 9.17) is 0 Å². The van der Waals surface area contributed by atoms with Gasteiger partial charge in [-0.25, -0.2) is 0 Å². The molecule has 0 aliphatic carbocycles. The van der Waals surface area contributed by atoms with Gasteiger partial charge in [-0.2, -0.15) is 0 Å². The molecule has 0 saturated carbocycles. The predicted molar refractivity (Wildman–Crippen MR) is 113 cm³/mol. The lowest BCUT2D eigenvalue weighted by atomic mass is 9.90. The second-order valence-electron chi connectivity index (χ2n) is 7.54. The van der Waals surface area contributed by atoms with Crippen molar-refractivity contribution in [2.24, 2.45) is 0 Å². The molecule has 0 radical (unpaired) electrons. The van der Waals surface area contributed by atoms with Crippen LogP contribution in [0.5, 0.6) is 0 Å². The maximum Gasteiger partial charge on any atom is 0.0235 e. The smallest absolute Gasteiger partial charge is 0.0235 e. The van der Waals surface area contributed by atoms with Crippen molar-refractivity contribution < 1.29 is 5.48 Å². The third-order valence-electron chi connectivity index (χ3n) is 5.98. The zero-order valence-corrected chi connectivity index (χ0v) is 17.4. The average Bonchev–Trinajstić information content (AvgIpc) is 2.60. The molecule has 0 aromatic heterocycles. The number of piperazine rings is 1. The Balaban J connectivity index is 0.00000169. The van der Waals surface area contributed by atoms with Gasteiger partial charge in [-0.15, -0.1) is 12.4 Å². The fraction of sp³-hybridized carbons (Fsp3) is 0.714. The Kier molecular flexibility index (Phi) is 10.7. The first-order valence-corrected chi connectivity index (χ1v) is 10.0. The van der Waals surface area contributed by atoms with Gasteiger partial charge in [-0.05, 0) is 44.5 Å². The molecule has 2 aliphatic heterocycles. The summed E-state index contributed by atoms with van der Waals surface area (Å²) in [5, 5.41) is 0. The third-order valence-corrected chi connectivity index (χ3v) is 5.98. The van der Waals surface area contributed by atoms with Crippen LogP contribution < -0.4 is 0 Å². The molecule has 26 heavy (non-hydrogen) atoms. The van der Waals surface area contributed by atoms with Crippen molar-refractivity contribution >= 4 is 12.4 Å². The highest BCUT2D eigenvalue weighted by Crippen LogP contribution is 2.29. The summed E-state index contributed by atoms with van der Waals surface area (Å²) in [4.78, 5) is 8.11. The van der Waals surface area contributed by atoms with Crippen molar-refractivity contribution in [3.8, 4) is 0 Å². The van der Waals surface area contributed by atoms with E-state index in [0.717, 1.165) is 18.6 Å². The van der Waals surface area contributed by atoms with Crippen molar-refractivity contribution in [3.63, 3.8) is 0 Å². The number of likely N-dealkylation sites (tertiary alicyclic amines) is 1. The summed E-state index contributed by atoms with van der Waals surface area (Å²) in [5.74, 6) is 0. The summed E-state index contributed by atoms with van der Waals surface area (Å²) in [6, 6.07) is 12.6. The van der Waals surface area contributed by atoms with Gasteiger partial charge in [0.25, 0.3) is 0 Å². The highest BCUT2D eigenvalue weighted by molar-refractivity contribution is 5.85. The first-order valence-electron chi connectivity index (χ1n) is 10.0.